The van der Waals surface area contributed by atoms with E-state index in [0.717, 1.165) is 6.54 Å². The van der Waals surface area contributed by atoms with Crippen molar-refractivity contribution in [2.24, 2.45) is 17.6 Å². The van der Waals surface area contributed by atoms with Crippen LogP contribution in [0, 0.1) is 11.8 Å². The Labute approximate surface area is 111 Å². The molecule has 0 unspecified atom stereocenters. The van der Waals surface area contributed by atoms with Crippen LogP contribution in [0.3, 0.4) is 0 Å². The minimum atomic E-state index is 0.0172. The fraction of sp³-hybridized carbons (Fsp3) is 0.583. The molecule has 2 rings (SSSR count). The molecule has 94 valence electrons. The molecule has 2 heterocycles. The van der Waals surface area contributed by atoms with E-state index in [1.807, 2.05) is 10.3 Å². The number of nitrogens with two attached hydrogens (primary N) is 1. The van der Waals surface area contributed by atoms with Gasteiger partial charge in [0, 0.05) is 19.1 Å². The molecule has 1 fully saturated rings. The maximum Gasteiger partial charge on any atom is 0.265 e. The lowest BCUT2D eigenvalue weighted by Gasteiger charge is -2.18. The van der Waals surface area contributed by atoms with Gasteiger partial charge in [0.1, 0.15) is 4.88 Å². The first-order chi connectivity index (χ1) is 8.00. The highest BCUT2D eigenvalue weighted by Gasteiger charge is 2.35. The van der Waals surface area contributed by atoms with Crippen molar-refractivity contribution in [1.29, 1.82) is 0 Å². The average Bonchev–Trinajstić information content (AvgIpc) is 2.83. The number of amides is 1. The van der Waals surface area contributed by atoms with E-state index in [1.54, 1.807) is 6.07 Å². The van der Waals surface area contributed by atoms with Crippen molar-refractivity contribution in [1.82, 2.24) is 4.90 Å². The lowest BCUT2D eigenvalue weighted by atomic mass is 9.92. The van der Waals surface area contributed by atoms with E-state index >= 15 is 0 Å². The molecule has 0 spiro atoms. The third-order valence-electron chi connectivity index (χ3n) is 3.37. The van der Waals surface area contributed by atoms with Gasteiger partial charge in [-0.1, -0.05) is 25.4 Å². The normalized spacial score (nSPS) is 24.6. The topological polar surface area (TPSA) is 46.3 Å². The maximum absolute atomic E-state index is 12.2. The molecule has 5 heteroatoms. The predicted molar refractivity (Wildman–Crippen MR) is 71.5 cm³/mol. The number of hydrogen-bond donors (Lipinski definition) is 1. The van der Waals surface area contributed by atoms with E-state index in [2.05, 4.69) is 13.8 Å². The van der Waals surface area contributed by atoms with Crippen molar-refractivity contribution in [3.8, 4) is 0 Å². The Bertz CT molecular complexity index is 418. The number of halogens is 1. The first-order valence-electron chi connectivity index (χ1n) is 5.78. The number of thiophene rings is 1. The van der Waals surface area contributed by atoms with Gasteiger partial charge in [-0.05, 0) is 23.3 Å². The van der Waals surface area contributed by atoms with Gasteiger partial charge >= 0.3 is 0 Å². The fourth-order valence-electron chi connectivity index (χ4n) is 2.32. The number of carbonyl (C=O) groups is 1. The SMILES string of the molecule is CC(C)[C@H]1CN(C(=O)c2sccc2Cl)C[C@@H]1N. The highest BCUT2D eigenvalue weighted by atomic mass is 35.5. The molecule has 2 N–H and O–H groups in total. The molecule has 1 aromatic heterocycles. The molecule has 0 bridgehead atoms. The second-order valence-corrected chi connectivity index (χ2v) is 6.20. The van der Waals surface area contributed by atoms with Crippen molar-refractivity contribution in [2.45, 2.75) is 19.9 Å². The largest absolute Gasteiger partial charge is 0.336 e. The van der Waals surface area contributed by atoms with E-state index in [9.17, 15) is 4.79 Å². The Morgan fingerprint density at radius 1 is 1.59 bits per heavy atom. The van der Waals surface area contributed by atoms with E-state index in [0.29, 0.717) is 28.3 Å². The summed E-state index contributed by atoms with van der Waals surface area (Å²) < 4.78 is 0. The lowest BCUT2D eigenvalue weighted by molar-refractivity contribution is 0.0788. The molecular formula is C12H17ClN2OS. The number of hydrogen-bond acceptors (Lipinski definition) is 3. The summed E-state index contributed by atoms with van der Waals surface area (Å²) in [6, 6.07) is 1.84. The van der Waals surface area contributed by atoms with Crippen molar-refractivity contribution >= 4 is 28.8 Å². The van der Waals surface area contributed by atoms with Gasteiger partial charge in [-0.2, -0.15) is 0 Å². The molecule has 0 saturated carbocycles. The molecule has 3 nitrogen and oxygen atoms in total. The van der Waals surface area contributed by atoms with Gasteiger partial charge in [-0.15, -0.1) is 11.3 Å². The fourth-order valence-corrected chi connectivity index (χ4v) is 3.42. The van der Waals surface area contributed by atoms with E-state index in [-0.39, 0.29) is 11.9 Å². The first kappa shape index (κ1) is 12.9. The summed E-state index contributed by atoms with van der Waals surface area (Å²) in [5.74, 6) is 0.905. The summed E-state index contributed by atoms with van der Waals surface area (Å²) >= 11 is 7.37. The Morgan fingerprint density at radius 2 is 2.29 bits per heavy atom. The molecule has 1 amide bonds. The zero-order valence-electron chi connectivity index (χ0n) is 10.0. The third kappa shape index (κ3) is 2.49. The summed E-state index contributed by atoms with van der Waals surface area (Å²) in [5, 5.41) is 2.38. The number of nitrogens with zero attached hydrogens (tertiary/aromatic N) is 1. The molecule has 1 aliphatic heterocycles. The van der Waals surface area contributed by atoms with Gasteiger partial charge in [0.15, 0.2) is 0 Å². The molecule has 0 aromatic carbocycles. The molecule has 17 heavy (non-hydrogen) atoms. The van der Waals surface area contributed by atoms with Crippen molar-refractivity contribution in [3.05, 3.63) is 21.3 Å². The van der Waals surface area contributed by atoms with Crippen molar-refractivity contribution in [3.63, 3.8) is 0 Å². The van der Waals surface area contributed by atoms with Crippen molar-refractivity contribution < 1.29 is 4.79 Å². The van der Waals surface area contributed by atoms with Crippen LogP contribution >= 0.6 is 22.9 Å². The minimum absolute atomic E-state index is 0.0172. The summed E-state index contributed by atoms with van der Waals surface area (Å²) in [5.41, 5.74) is 6.08. The molecule has 1 saturated heterocycles. The van der Waals surface area contributed by atoms with Crippen LogP contribution in [0.4, 0.5) is 0 Å². The Morgan fingerprint density at radius 3 is 2.76 bits per heavy atom. The molecule has 1 aliphatic rings. The zero-order chi connectivity index (χ0) is 12.6. The number of likely N-dealkylation sites (tertiary alicyclic amines) is 1. The van der Waals surface area contributed by atoms with E-state index in [4.69, 9.17) is 17.3 Å². The second-order valence-electron chi connectivity index (χ2n) is 4.88. The van der Waals surface area contributed by atoms with Gasteiger partial charge in [-0.3, -0.25) is 4.79 Å². The average molecular weight is 273 g/mol. The summed E-state index contributed by atoms with van der Waals surface area (Å²) in [7, 11) is 0. The lowest BCUT2D eigenvalue weighted by Crippen LogP contribution is -2.33. The van der Waals surface area contributed by atoms with Crippen molar-refractivity contribution in [2.75, 3.05) is 13.1 Å². The second kappa shape index (κ2) is 4.96. The highest BCUT2D eigenvalue weighted by Crippen LogP contribution is 2.28. The van der Waals surface area contributed by atoms with Crippen LogP contribution in [-0.2, 0) is 0 Å². The van der Waals surface area contributed by atoms with Gasteiger partial charge in [-0.25, -0.2) is 0 Å². The molecular weight excluding hydrogens is 256 g/mol. The summed E-state index contributed by atoms with van der Waals surface area (Å²) in [6.07, 6.45) is 0. The maximum atomic E-state index is 12.2. The van der Waals surface area contributed by atoms with Crippen LogP contribution in [0.15, 0.2) is 11.4 Å². The van der Waals surface area contributed by atoms with Gasteiger partial charge in [0.05, 0.1) is 5.02 Å². The van der Waals surface area contributed by atoms with Crippen LogP contribution in [0.25, 0.3) is 0 Å². The Balaban J connectivity index is 2.11. The standard InChI is InChI=1S/C12H17ClN2OS/c1-7(2)8-5-15(6-10(8)14)12(16)11-9(13)3-4-17-11/h3-4,7-8,10H,5-6,14H2,1-2H3/t8-,10+/m1/s1. The highest BCUT2D eigenvalue weighted by molar-refractivity contribution is 7.12. The van der Waals surface area contributed by atoms with Gasteiger partial charge < -0.3 is 10.6 Å². The smallest absolute Gasteiger partial charge is 0.265 e. The minimum Gasteiger partial charge on any atom is -0.336 e. The van der Waals surface area contributed by atoms with Gasteiger partial charge in [0.2, 0.25) is 0 Å². The predicted octanol–water partition coefficient (Wildman–Crippen LogP) is 2.46. The van der Waals surface area contributed by atoms with Crippen LogP contribution in [0.2, 0.25) is 5.02 Å². The van der Waals surface area contributed by atoms with E-state index in [1.165, 1.54) is 11.3 Å². The van der Waals surface area contributed by atoms with Crippen LogP contribution < -0.4 is 5.73 Å². The summed E-state index contributed by atoms with van der Waals surface area (Å²) in [4.78, 5) is 14.7. The monoisotopic (exact) mass is 272 g/mol. The molecule has 0 radical (unpaired) electrons. The Hall–Kier alpha value is -0.580. The third-order valence-corrected chi connectivity index (χ3v) is 4.70. The number of carbonyl (C=O) groups excluding carboxylic acids is 1. The van der Waals surface area contributed by atoms with E-state index < -0.39 is 0 Å². The molecule has 0 aliphatic carbocycles. The number of rotatable bonds is 2. The van der Waals surface area contributed by atoms with Crippen LogP contribution in [0.1, 0.15) is 23.5 Å². The zero-order valence-corrected chi connectivity index (χ0v) is 11.6. The molecule has 1 aromatic rings. The Kier molecular flexibility index (Phi) is 3.76. The first-order valence-corrected chi connectivity index (χ1v) is 7.04. The molecule has 2 atom stereocenters. The van der Waals surface area contributed by atoms with Crippen LogP contribution in [-0.4, -0.2) is 29.9 Å². The van der Waals surface area contributed by atoms with Crippen LogP contribution in [0.5, 0.6) is 0 Å². The van der Waals surface area contributed by atoms with Gasteiger partial charge in [0.25, 0.3) is 5.91 Å². The summed E-state index contributed by atoms with van der Waals surface area (Å²) in [6.45, 7) is 5.68. The quantitative estimate of drug-likeness (QED) is 0.899.